The summed E-state index contributed by atoms with van der Waals surface area (Å²) in [7, 11) is 0. The van der Waals surface area contributed by atoms with Crippen molar-refractivity contribution in [1.29, 1.82) is 0 Å². The Bertz CT molecular complexity index is 930. The average Bonchev–Trinajstić information content (AvgIpc) is 2.59. The minimum Gasteiger partial charge on any atom is -0.478 e. The van der Waals surface area contributed by atoms with Gasteiger partial charge < -0.3 is 15.7 Å². The number of carbonyl (C=O) groups is 1. The fraction of sp³-hybridized carbons (Fsp3) is 0.0556. The predicted octanol–water partition coefficient (Wildman–Crippen LogP) is 4.62. The first-order chi connectivity index (χ1) is 12.0. The number of anilines is 4. The summed E-state index contributed by atoms with van der Waals surface area (Å²) in [4.78, 5) is 19.6. The molecule has 126 valence electrons. The second-order valence-corrected chi connectivity index (χ2v) is 5.77. The molecule has 7 heteroatoms. The molecule has 0 aliphatic rings. The molecule has 3 aromatic rings. The van der Waals surface area contributed by atoms with Crippen LogP contribution in [0.5, 0.6) is 0 Å². The van der Waals surface area contributed by atoms with Gasteiger partial charge in [0.2, 0.25) is 5.95 Å². The van der Waals surface area contributed by atoms with E-state index in [4.69, 9.17) is 16.7 Å². The van der Waals surface area contributed by atoms with Crippen LogP contribution in [0, 0.1) is 6.92 Å². The molecule has 2 aromatic carbocycles. The Morgan fingerprint density at radius 1 is 1.08 bits per heavy atom. The van der Waals surface area contributed by atoms with Crippen molar-refractivity contribution in [3.63, 3.8) is 0 Å². The molecule has 3 N–H and O–H groups in total. The summed E-state index contributed by atoms with van der Waals surface area (Å²) < 4.78 is 0. The van der Waals surface area contributed by atoms with E-state index in [2.05, 4.69) is 20.6 Å². The van der Waals surface area contributed by atoms with Gasteiger partial charge in [-0.2, -0.15) is 4.98 Å². The fourth-order valence-corrected chi connectivity index (χ4v) is 2.35. The number of rotatable bonds is 5. The topological polar surface area (TPSA) is 87.1 Å². The fourth-order valence-electron chi connectivity index (χ4n) is 2.17. The first kappa shape index (κ1) is 16.7. The van der Waals surface area contributed by atoms with E-state index >= 15 is 0 Å². The molecule has 0 radical (unpaired) electrons. The third kappa shape index (κ3) is 4.24. The Balaban J connectivity index is 1.78. The Kier molecular flexibility index (Phi) is 4.81. The molecule has 6 nitrogen and oxygen atoms in total. The highest BCUT2D eigenvalue weighted by Gasteiger charge is 2.05. The van der Waals surface area contributed by atoms with E-state index in [-0.39, 0.29) is 5.56 Å². The molecule has 1 aromatic heterocycles. The Morgan fingerprint density at radius 2 is 1.88 bits per heavy atom. The number of benzene rings is 2. The largest absolute Gasteiger partial charge is 0.478 e. The summed E-state index contributed by atoms with van der Waals surface area (Å²) in [5.74, 6) is -0.0394. The number of aryl methyl sites for hydroxylation is 1. The molecule has 0 fully saturated rings. The van der Waals surface area contributed by atoms with Gasteiger partial charge >= 0.3 is 5.97 Å². The van der Waals surface area contributed by atoms with Crippen molar-refractivity contribution in [2.75, 3.05) is 10.6 Å². The minimum atomic E-state index is -0.982. The van der Waals surface area contributed by atoms with Crippen LogP contribution in [0.3, 0.4) is 0 Å². The molecule has 0 spiro atoms. The zero-order valence-corrected chi connectivity index (χ0v) is 14.1. The van der Waals surface area contributed by atoms with Crippen molar-refractivity contribution < 1.29 is 9.90 Å². The second kappa shape index (κ2) is 7.19. The summed E-state index contributed by atoms with van der Waals surface area (Å²) in [6.45, 7) is 1.93. The smallest absolute Gasteiger partial charge is 0.335 e. The van der Waals surface area contributed by atoms with E-state index in [9.17, 15) is 4.79 Å². The summed E-state index contributed by atoms with van der Waals surface area (Å²) >= 11 is 6.12. The standard InChI is InChI=1S/C18H15ClN4O2/c1-11-5-6-14(10-15(11)19)22-18-20-8-7-16(23-18)21-13-4-2-3-12(9-13)17(24)25/h2-10H,1H3,(H,24,25)(H2,20,21,22,23). The van der Waals surface area contributed by atoms with Gasteiger partial charge in [-0.25, -0.2) is 9.78 Å². The molecule has 0 unspecified atom stereocenters. The third-order valence-corrected chi connectivity index (χ3v) is 3.87. The van der Waals surface area contributed by atoms with Gasteiger partial charge in [0.05, 0.1) is 5.56 Å². The van der Waals surface area contributed by atoms with E-state index in [0.29, 0.717) is 22.5 Å². The predicted molar refractivity (Wildman–Crippen MR) is 98.2 cm³/mol. The van der Waals surface area contributed by atoms with E-state index < -0.39 is 5.97 Å². The number of nitrogens with one attached hydrogen (secondary N) is 2. The SMILES string of the molecule is Cc1ccc(Nc2nccc(Nc3cccc(C(=O)O)c3)n2)cc1Cl. The summed E-state index contributed by atoms with van der Waals surface area (Å²) in [6.07, 6.45) is 1.61. The van der Waals surface area contributed by atoms with E-state index in [1.54, 1.807) is 30.5 Å². The van der Waals surface area contributed by atoms with Crippen LogP contribution in [0.25, 0.3) is 0 Å². The monoisotopic (exact) mass is 354 g/mol. The maximum atomic E-state index is 11.0. The lowest BCUT2D eigenvalue weighted by atomic mass is 10.2. The molecular formula is C18H15ClN4O2. The van der Waals surface area contributed by atoms with Crippen LogP contribution in [0.2, 0.25) is 5.02 Å². The minimum absolute atomic E-state index is 0.201. The van der Waals surface area contributed by atoms with Crippen LogP contribution in [0.4, 0.5) is 23.1 Å². The zero-order valence-electron chi connectivity index (χ0n) is 13.3. The van der Waals surface area contributed by atoms with Crippen molar-refractivity contribution >= 4 is 40.7 Å². The molecule has 0 saturated carbocycles. The number of halogens is 1. The van der Waals surface area contributed by atoms with Crippen LogP contribution in [0.15, 0.2) is 54.7 Å². The third-order valence-electron chi connectivity index (χ3n) is 3.47. The highest BCUT2D eigenvalue weighted by atomic mass is 35.5. The van der Waals surface area contributed by atoms with Crippen LogP contribution in [-0.2, 0) is 0 Å². The highest BCUT2D eigenvalue weighted by Crippen LogP contribution is 2.23. The van der Waals surface area contributed by atoms with E-state index in [0.717, 1.165) is 11.3 Å². The number of hydrogen-bond acceptors (Lipinski definition) is 5. The van der Waals surface area contributed by atoms with E-state index in [1.165, 1.54) is 12.1 Å². The number of aromatic nitrogens is 2. The molecule has 0 saturated heterocycles. The van der Waals surface area contributed by atoms with Crippen molar-refractivity contribution in [2.24, 2.45) is 0 Å². The van der Waals surface area contributed by atoms with Gasteiger partial charge in [0.1, 0.15) is 5.82 Å². The van der Waals surface area contributed by atoms with Crippen LogP contribution < -0.4 is 10.6 Å². The van der Waals surface area contributed by atoms with Crippen molar-refractivity contribution in [2.45, 2.75) is 6.92 Å². The molecule has 25 heavy (non-hydrogen) atoms. The molecule has 0 amide bonds. The van der Waals surface area contributed by atoms with Gasteiger partial charge in [-0.05, 0) is 48.9 Å². The summed E-state index contributed by atoms with van der Waals surface area (Å²) in [5.41, 5.74) is 2.59. The van der Waals surface area contributed by atoms with Gasteiger partial charge in [-0.3, -0.25) is 0 Å². The quantitative estimate of drug-likeness (QED) is 0.619. The molecule has 0 aliphatic heterocycles. The first-order valence-electron chi connectivity index (χ1n) is 7.48. The zero-order chi connectivity index (χ0) is 17.8. The maximum Gasteiger partial charge on any atom is 0.335 e. The van der Waals surface area contributed by atoms with Crippen molar-refractivity contribution in [3.05, 3.63) is 70.9 Å². The normalized spacial score (nSPS) is 10.3. The van der Waals surface area contributed by atoms with Gasteiger partial charge in [-0.1, -0.05) is 23.7 Å². The molecule has 0 bridgehead atoms. The number of carboxylic acid groups (broad SMARTS) is 1. The summed E-state index contributed by atoms with van der Waals surface area (Å²) in [5, 5.41) is 15.9. The lowest BCUT2D eigenvalue weighted by Gasteiger charge is -2.09. The number of hydrogen-bond donors (Lipinski definition) is 3. The Hall–Kier alpha value is -3.12. The first-order valence-corrected chi connectivity index (χ1v) is 7.86. The van der Waals surface area contributed by atoms with Crippen molar-refractivity contribution in [3.8, 4) is 0 Å². The van der Waals surface area contributed by atoms with Gasteiger partial charge in [-0.15, -0.1) is 0 Å². The number of nitrogens with zero attached hydrogens (tertiary/aromatic N) is 2. The van der Waals surface area contributed by atoms with Crippen LogP contribution in [0.1, 0.15) is 15.9 Å². The van der Waals surface area contributed by atoms with Crippen molar-refractivity contribution in [1.82, 2.24) is 9.97 Å². The van der Waals surface area contributed by atoms with Crippen LogP contribution >= 0.6 is 11.6 Å². The molecule has 1 heterocycles. The average molecular weight is 355 g/mol. The number of carboxylic acids is 1. The maximum absolute atomic E-state index is 11.0. The lowest BCUT2D eigenvalue weighted by Crippen LogP contribution is -2.01. The molecule has 0 atom stereocenters. The van der Waals surface area contributed by atoms with E-state index in [1.807, 2.05) is 19.1 Å². The number of aromatic carboxylic acids is 1. The van der Waals surface area contributed by atoms with Crippen LogP contribution in [-0.4, -0.2) is 21.0 Å². The second-order valence-electron chi connectivity index (χ2n) is 5.37. The molecule has 0 aliphatic carbocycles. The lowest BCUT2D eigenvalue weighted by molar-refractivity contribution is 0.0697. The Morgan fingerprint density at radius 3 is 2.64 bits per heavy atom. The van der Waals surface area contributed by atoms with Gasteiger partial charge in [0, 0.05) is 22.6 Å². The summed E-state index contributed by atoms with van der Waals surface area (Å²) in [6, 6.07) is 13.8. The Labute approximate surface area is 149 Å². The van der Waals surface area contributed by atoms with Gasteiger partial charge in [0.15, 0.2) is 0 Å². The molecule has 3 rings (SSSR count). The van der Waals surface area contributed by atoms with Gasteiger partial charge in [0.25, 0.3) is 0 Å². The molecular weight excluding hydrogens is 340 g/mol. The highest BCUT2D eigenvalue weighted by molar-refractivity contribution is 6.31.